The first-order chi connectivity index (χ1) is 10.4. The summed E-state index contributed by atoms with van der Waals surface area (Å²) in [5.74, 6) is 0.347. The zero-order valence-corrected chi connectivity index (χ0v) is 11.9. The molecule has 0 fully saturated rings. The van der Waals surface area contributed by atoms with Gasteiger partial charge in [-0.15, -0.1) is 0 Å². The minimum atomic E-state index is -4.48. The fourth-order valence-electron chi connectivity index (χ4n) is 2.47. The van der Waals surface area contributed by atoms with E-state index in [9.17, 15) is 18.3 Å². The molecule has 1 unspecified atom stereocenters. The second-order valence-corrected chi connectivity index (χ2v) is 5.46. The molecule has 3 nitrogen and oxygen atoms in total. The summed E-state index contributed by atoms with van der Waals surface area (Å²) in [5, 5.41) is 9.81. The molecule has 3 rings (SSSR count). The van der Waals surface area contributed by atoms with Gasteiger partial charge in [-0.2, -0.15) is 13.2 Å². The molecule has 0 saturated heterocycles. The van der Waals surface area contributed by atoms with Crippen molar-refractivity contribution in [1.29, 1.82) is 0 Å². The van der Waals surface area contributed by atoms with Crippen LogP contribution in [-0.2, 0) is 12.6 Å². The van der Waals surface area contributed by atoms with Crippen molar-refractivity contribution in [2.24, 2.45) is 0 Å². The summed E-state index contributed by atoms with van der Waals surface area (Å²) in [7, 11) is 0. The van der Waals surface area contributed by atoms with Crippen LogP contribution < -0.4 is 4.74 Å². The van der Waals surface area contributed by atoms with Crippen LogP contribution in [0.4, 0.5) is 13.2 Å². The van der Waals surface area contributed by atoms with Crippen LogP contribution >= 0.6 is 11.6 Å². The van der Waals surface area contributed by atoms with E-state index >= 15 is 0 Å². The molecular weight excluding hydrogens is 319 g/mol. The van der Waals surface area contributed by atoms with E-state index in [0.717, 1.165) is 12.3 Å². The summed E-state index contributed by atoms with van der Waals surface area (Å²) >= 11 is 5.96. The van der Waals surface area contributed by atoms with Crippen LogP contribution in [0.5, 0.6) is 11.5 Å². The van der Waals surface area contributed by atoms with E-state index in [0.29, 0.717) is 23.4 Å². The van der Waals surface area contributed by atoms with Crippen molar-refractivity contribution in [3.63, 3.8) is 0 Å². The number of phenolic OH excluding ortho intramolecular Hbond substituents is 1. The lowest BCUT2D eigenvalue weighted by Crippen LogP contribution is -2.21. The normalized spacial score (nSPS) is 17.7. The summed E-state index contributed by atoms with van der Waals surface area (Å²) < 4.78 is 43.4. The molecule has 1 N–H and O–H groups in total. The van der Waals surface area contributed by atoms with Crippen LogP contribution in [0.2, 0.25) is 5.02 Å². The Morgan fingerprint density at radius 1 is 1.32 bits per heavy atom. The lowest BCUT2D eigenvalue weighted by molar-refractivity contribution is -0.137. The minimum Gasteiger partial charge on any atom is -0.508 e. The number of halogens is 4. The van der Waals surface area contributed by atoms with Crippen LogP contribution in [0, 0.1) is 0 Å². The number of rotatable bonds is 1. The second kappa shape index (κ2) is 5.35. The zero-order valence-electron chi connectivity index (χ0n) is 11.2. The van der Waals surface area contributed by atoms with Gasteiger partial charge in [0.25, 0.3) is 0 Å². The van der Waals surface area contributed by atoms with Gasteiger partial charge in [0.2, 0.25) is 0 Å². The molecule has 22 heavy (non-hydrogen) atoms. The Morgan fingerprint density at radius 3 is 2.77 bits per heavy atom. The Bertz CT molecular complexity index is 718. The third kappa shape index (κ3) is 2.70. The van der Waals surface area contributed by atoms with Gasteiger partial charge in [-0.3, -0.25) is 4.98 Å². The fourth-order valence-corrected chi connectivity index (χ4v) is 2.79. The highest BCUT2D eigenvalue weighted by Crippen LogP contribution is 2.39. The standard InChI is InChI=1S/C15H11ClF3NO2/c16-11-5-9(15(17,18)19)6-20-14(11)8-4-10-12(21)2-1-3-13(10)22-7-8/h1-3,5-6,8,21H,4,7H2. The highest BCUT2D eigenvalue weighted by molar-refractivity contribution is 6.31. The van der Waals surface area contributed by atoms with Crippen LogP contribution in [0.15, 0.2) is 30.5 Å². The van der Waals surface area contributed by atoms with Gasteiger partial charge in [0.05, 0.1) is 22.9 Å². The van der Waals surface area contributed by atoms with E-state index in [1.54, 1.807) is 12.1 Å². The highest BCUT2D eigenvalue weighted by Gasteiger charge is 2.33. The summed E-state index contributed by atoms with van der Waals surface area (Å²) in [6.07, 6.45) is -3.31. The lowest BCUT2D eigenvalue weighted by Gasteiger charge is -2.26. The maximum Gasteiger partial charge on any atom is 0.417 e. The first-order valence-corrected chi connectivity index (χ1v) is 6.90. The number of nitrogens with zero attached hydrogens (tertiary/aromatic N) is 1. The van der Waals surface area contributed by atoms with Crippen molar-refractivity contribution in [2.75, 3.05) is 6.61 Å². The van der Waals surface area contributed by atoms with E-state index < -0.39 is 11.7 Å². The third-order valence-corrected chi connectivity index (χ3v) is 3.89. The Balaban J connectivity index is 1.92. The molecule has 1 atom stereocenters. The average molecular weight is 330 g/mol. The largest absolute Gasteiger partial charge is 0.508 e. The average Bonchev–Trinajstić information content (AvgIpc) is 2.46. The molecular formula is C15H11ClF3NO2. The molecule has 0 spiro atoms. The molecule has 0 bridgehead atoms. The number of phenols is 1. The molecule has 1 aromatic carbocycles. The number of hydrogen-bond acceptors (Lipinski definition) is 3. The van der Waals surface area contributed by atoms with Gasteiger partial charge in [0.1, 0.15) is 11.5 Å². The molecule has 116 valence electrons. The molecule has 2 aromatic rings. The van der Waals surface area contributed by atoms with E-state index in [1.165, 1.54) is 6.07 Å². The van der Waals surface area contributed by atoms with Crippen LogP contribution in [0.1, 0.15) is 22.7 Å². The van der Waals surface area contributed by atoms with Gasteiger partial charge < -0.3 is 9.84 Å². The SMILES string of the molecule is Oc1cccc2c1CC(c1ncc(C(F)(F)F)cc1Cl)CO2. The van der Waals surface area contributed by atoms with Gasteiger partial charge in [-0.1, -0.05) is 17.7 Å². The monoisotopic (exact) mass is 329 g/mol. The topological polar surface area (TPSA) is 42.4 Å². The van der Waals surface area contributed by atoms with Crippen molar-refractivity contribution in [1.82, 2.24) is 4.98 Å². The Kier molecular flexibility index (Phi) is 3.64. The van der Waals surface area contributed by atoms with Crippen LogP contribution in [0.3, 0.4) is 0 Å². The highest BCUT2D eigenvalue weighted by atomic mass is 35.5. The van der Waals surface area contributed by atoms with Gasteiger partial charge in [-0.25, -0.2) is 0 Å². The summed E-state index contributed by atoms with van der Waals surface area (Å²) in [6, 6.07) is 5.79. The third-order valence-electron chi connectivity index (χ3n) is 3.58. The smallest absolute Gasteiger partial charge is 0.417 e. The van der Waals surface area contributed by atoms with Crippen molar-refractivity contribution in [3.8, 4) is 11.5 Å². The molecule has 7 heteroatoms. The first-order valence-electron chi connectivity index (χ1n) is 6.52. The number of benzene rings is 1. The predicted molar refractivity (Wildman–Crippen MR) is 74.3 cm³/mol. The molecule has 1 aliphatic rings. The zero-order chi connectivity index (χ0) is 15.9. The number of aromatic nitrogens is 1. The van der Waals surface area contributed by atoms with Crippen molar-refractivity contribution in [3.05, 3.63) is 52.3 Å². The molecule has 0 aliphatic carbocycles. The summed E-state index contributed by atoms with van der Waals surface area (Å²) in [5.41, 5.74) is 0.0568. The van der Waals surface area contributed by atoms with Crippen molar-refractivity contribution < 1.29 is 23.0 Å². The van der Waals surface area contributed by atoms with Gasteiger partial charge >= 0.3 is 6.18 Å². The predicted octanol–water partition coefficient (Wildman–Crippen LogP) is 4.18. The maximum atomic E-state index is 12.6. The summed E-state index contributed by atoms with van der Waals surface area (Å²) in [6.45, 7) is 0.245. The second-order valence-electron chi connectivity index (χ2n) is 5.05. The number of hydrogen-bond donors (Lipinski definition) is 1. The lowest BCUT2D eigenvalue weighted by atomic mass is 9.92. The van der Waals surface area contributed by atoms with Crippen LogP contribution in [-0.4, -0.2) is 16.7 Å². The number of pyridine rings is 1. The maximum absolute atomic E-state index is 12.6. The Labute approximate surface area is 129 Å². The minimum absolute atomic E-state index is 0.0534. The number of aromatic hydroxyl groups is 1. The summed E-state index contributed by atoms with van der Waals surface area (Å²) in [4.78, 5) is 3.86. The van der Waals surface area contributed by atoms with E-state index in [-0.39, 0.29) is 23.3 Å². The van der Waals surface area contributed by atoms with Gasteiger partial charge in [-0.05, 0) is 24.6 Å². The molecule has 0 saturated carbocycles. The van der Waals surface area contributed by atoms with Crippen molar-refractivity contribution >= 4 is 11.6 Å². The number of ether oxygens (including phenoxy) is 1. The number of fused-ring (bicyclic) bond motifs is 1. The molecule has 1 aliphatic heterocycles. The Hall–Kier alpha value is -1.95. The van der Waals surface area contributed by atoms with Gasteiger partial charge in [0, 0.05) is 17.7 Å². The molecule has 0 radical (unpaired) electrons. The van der Waals surface area contributed by atoms with Gasteiger partial charge in [0.15, 0.2) is 0 Å². The number of alkyl halides is 3. The molecule has 1 aromatic heterocycles. The van der Waals surface area contributed by atoms with E-state index in [1.807, 2.05) is 0 Å². The van der Waals surface area contributed by atoms with E-state index in [4.69, 9.17) is 16.3 Å². The molecule has 2 heterocycles. The van der Waals surface area contributed by atoms with E-state index in [2.05, 4.69) is 4.98 Å². The van der Waals surface area contributed by atoms with Crippen LogP contribution in [0.25, 0.3) is 0 Å². The first kappa shape index (κ1) is 15.0. The fraction of sp³-hybridized carbons (Fsp3) is 0.267. The van der Waals surface area contributed by atoms with Crippen molar-refractivity contribution in [2.45, 2.75) is 18.5 Å². The Morgan fingerprint density at radius 2 is 2.09 bits per heavy atom. The quantitative estimate of drug-likeness (QED) is 0.853. The molecule has 0 amide bonds.